The molecule has 2 N–H and O–H groups in total. The number of aromatic nitrogens is 3. The quantitative estimate of drug-likeness (QED) is 0.751. The molecule has 2 rings (SSSR count). The van der Waals surface area contributed by atoms with Gasteiger partial charge in [0.25, 0.3) is 0 Å². The first kappa shape index (κ1) is 14.5. The van der Waals surface area contributed by atoms with Crippen LogP contribution in [0.5, 0.6) is 5.75 Å². The largest absolute Gasteiger partial charge is 0.496 e. The fourth-order valence-corrected chi connectivity index (χ4v) is 1.94. The molecule has 1 heterocycles. The van der Waals surface area contributed by atoms with E-state index in [0.29, 0.717) is 26.1 Å². The molecule has 108 valence electrons. The zero-order valence-electron chi connectivity index (χ0n) is 11.6. The summed E-state index contributed by atoms with van der Waals surface area (Å²) in [5, 5.41) is 20.2. The monoisotopic (exact) mass is 276 g/mol. The molecule has 0 amide bonds. The molecule has 0 aliphatic heterocycles. The number of para-hydroxylation sites is 1. The third-order valence-electron chi connectivity index (χ3n) is 2.95. The van der Waals surface area contributed by atoms with Crippen molar-refractivity contribution in [2.24, 2.45) is 0 Å². The summed E-state index contributed by atoms with van der Waals surface area (Å²) in [5.74, 6) is 0.881. The number of rotatable bonds is 8. The Hall–Kier alpha value is -1.92. The molecular formula is C14H20N4O2. The van der Waals surface area contributed by atoms with Gasteiger partial charge in [0.1, 0.15) is 5.75 Å². The van der Waals surface area contributed by atoms with Gasteiger partial charge in [0.05, 0.1) is 12.8 Å². The first-order valence-electron chi connectivity index (χ1n) is 6.66. The maximum absolute atomic E-state index is 8.77. The first-order chi connectivity index (χ1) is 9.83. The van der Waals surface area contributed by atoms with Crippen molar-refractivity contribution in [2.75, 3.05) is 13.7 Å². The Labute approximate surface area is 118 Å². The number of aliphatic hydroxyl groups excluding tert-OH is 1. The minimum absolute atomic E-state index is 0.168. The molecule has 0 unspecified atom stereocenters. The number of aryl methyl sites for hydroxylation is 1. The Balaban J connectivity index is 1.82. The summed E-state index contributed by atoms with van der Waals surface area (Å²) in [7, 11) is 1.67. The third kappa shape index (κ3) is 4.04. The van der Waals surface area contributed by atoms with E-state index >= 15 is 0 Å². The van der Waals surface area contributed by atoms with E-state index in [4.69, 9.17) is 9.84 Å². The normalized spacial score (nSPS) is 10.7. The van der Waals surface area contributed by atoms with Gasteiger partial charge in [-0.15, -0.1) is 5.10 Å². The van der Waals surface area contributed by atoms with E-state index in [1.54, 1.807) is 11.8 Å². The van der Waals surface area contributed by atoms with Crippen LogP contribution in [-0.2, 0) is 19.6 Å². The average Bonchev–Trinajstić information content (AvgIpc) is 2.93. The van der Waals surface area contributed by atoms with Crippen LogP contribution >= 0.6 is 0 Å². The van der Waals surface area contributed by atoms with Crippen LogP contribution in [0.2, 0.25) is 0 Å². The van der Waals surface area contributed by atoms with Gasteiger partial charge in [-0.05, 0) is 12.5 Å². The second kappa shape index (κ2) is 7.62. The predicted octanol–water partition coefficient (Wildman–Crippen LogP) is 0.959. The molecule has 6 nitrogen and oxygen atoms in total. The summed E-state index contributed by atoms with van der Waals surface area (Å²) >= 11 is 0. The topological polar surface area (TPSA) is 72.2 Å². The van der Waals surface area contributed by atoms with Crippen LogP contribution < -0.4 is 10.1 Å². The fourth-order valence-electron chi connectivity index (χ4n) is 1.94. The molecule has 1 aromatic heterocycles. The predicted molar refractivity (Wildman–Crippen MR) is 75.3 cm³/mol. The van der Waals surface area contributed by atoms with Gasteiger partial charge in [-0.2, -0.15) is 0 Å². The fraction of sp³-hybridized carbons (Fsp3) is 0.429. The molecule has 0 saturated carbocycles. The molecular weight excluding hydrogens is 256 g/mol. The molecule has 2 aromatic rings. The van der Waals surface area contributed by atoms with Crippen molar-refractivity contribution in [1.29, 1.82) is 0 Å². The number of hydrogen-bond donors (Lipinski definition) is 2. The summed E-state index contributed by atoms with van der Waals surface area (Å²) in [4.78, 5) is 0. The van der Waals surface area contributed by atoms with Gasteiger partial charge in [-0.1, -0.05) is 23.4 Å². The summed E-state index contributed by atoms with van der Waals surface area (Å²) in [5.41, 5.74) is 2.00. The molecule has 0 aliphatic carbocycles. The van der Waals surface area contributed by atoms with Gasteiger partial charge in [-0.3, -0.25) is 4.68 Å². The Morgan fingerprint density at radius 3 is 2.95 bits per heavy atom. The van der Waals surface area contributed by atoms with E-state index in [-0.39, 0.29) is 6.61 Å². The van der Waals surface area contributed by atoms with Gasteiger partial charge in [-0.25, -0.2) is 0 Å². The van der Waals surface area contributed by atoms with Crippen LogP contribution in [0.25, 0.3) is 0 Å². The van der Waals surface area contributed by atoms with Crippen LogP contribution in [0.1, 0.15) is 17.7 Å². The van der Waals surface area contributed by atoms with E-state index in [9.17, 15) is 0 Å². The van der Waals surface area contributed by atoms with Crippen molar-refractivity contribution in [3.05, 3.63) is 41.7 Å². The van der Waals surface area contributed by atoms with Crippen molar-refractivity contribution in [1.82, 2.24) is 20.3 Å². The van der Waals surface area contributed by atoms with Gasteiger partial charge in [0, 0.05) is 38.0 Å². The molecule has 1 aromatic carbocycles. The van der Waals surface area contributed by atoms with Crippen molar-refractivity contribution in [2.45, 2.75) is 26.1 Å². The Morgan fingerprint density at radius 2 is 2.15 bits per heavy atom. The molecule has 0 atom stereocenters. The minimum Gasteiger partial charge on any atom is -0.496 e. The van der Waals surface area contributed by atoms with E-state index in [2.05, 4.69) is 15.6 Å². The highest BCUT2D eigenvalue weighted by Gasteiger charge is 2.03. The van der Waals surface area contributed by atoms with E-state index in [0.717, 1.165) is 17.0 Å². The lowest BCUT2D eigenvalue weighted by Gasteiger charge is -2.08. The van der Waals surface area contributed by atoms with Gasteiger partial charge in [0.15, 0.2) is 0 Å². The standard InChI is InChI=1S/C14H20N4O2/c1-20-14-6-3-2-5-12(14)9-15-10-13-11-18(17-16-13)7-4-8-19/h2-3,5-6,11,15,19H,4,7-10H2,1H3. The average molecular weight is 276 g/mol. The number of nitrogens with one attached hydrogen (secondary N) is 1. The van der Waals surface area contributed by atoms with Gasteiger partial charge >= 0.3 is 0 Å². The van der Waals surface area contributed by atoms with E-state index in [1.807, 2.05) is 30.5 Å². The van der Waals surface area contributed by atoms with Crippen LogP contribution in [0, 0.1) is 0 Å². The number of ether oxygens (including phenoxy) is 1. The highest BCUT2D eigenvalue weighted by molar-refractivity contribution is 5.32. The number of hydrogen-bond acceptors (Lipinski definition) is 5. The number of methoxy groups -OCH3 is 1. The molecule has 6 heteroatoms. The van der Waals surface area contributed by atoms with Gasteiger partial charge < -0.3 is 15.2 Å². The number of nitrogens with zero attached hydrogens (tertiary/aromatic N) is 3. The SMILES string of the molecule is COc1ccccc1CNCc1cn(CCCO)nn1. The van der Waals surface area contributed by atoms with Crippen molar-refractivity contribution in [3.8, 4) is 5.75 Å². The summed E-state index contributed by atoms with van der Waals surface area (Å²) in [6.07, 6.45) is 2.59. The zero-order valence-corrected chi connectivity index (χ0v) is 11.6. The Bertz CT molecular complexity index is 527. The molecule has 0 aliphatic rings. The second-order valence-electron chi connectivity index (χ2n) is 4.47. The second-order valence-corrected chi connectivity index (χ2v) is 4.47. The van der Waals surface area contributed by atoms with Crippen LogP contribution in [-0.4, -0.2) is 33.8 Å². The Morgan fingerprint density at radius 1 is 1.30 bits per heavy atom. The first-order valence-corrected chi connectivity index (χ1v) is 6.66. The minimum atomic E-state index is 0.168. The van der Waals surface area contributed by atoms with Gasteiger partial charge in [0.2, 0.25) is 0 Å². The third-order valence-corrected chi connectivity index (χ3v) is 2.95. The summed E-state index contributed by atoms with van der Waals surface area (Å²) < 4.78 is 7.05. The lowest BCUT2D eigenvalue weighted by molar-refractivity contribution is 0.276. The van der Waals surface area contributed by atoms with Crippen LogP contribution in [0.3, 0.4) is 0 Å². The maximum Gasteiger partial charge on any atom is 0.123 e. The smallest absolute Gasteiger partial charge is 0.123 e. The Kier molecular flexibility index (Phi) is 5.52. The molecule has 0 bridgehead atoms. The van der Waals surface area contributed by atoms with E-state index < -0.39 is 0 Å². The highest BCUT2D eigenvalue weighted by Crippen LogP contribution is 2.16. The summed E-state index contributed by atoms with van der Waals surface area (Å²) in [6.45, 7) is 2.22. The number of aliphatic hydroxyl groups is 1. The zero-order chi connectivity index (χ0) is 14.2. The maximum atomic E-state index is 8.77. The number of benzene rings is 1. The lowest BCUT2D eigenvalue weighted by Crippen LogP contribution is -2.13. The van der Waals surface area contributed by atoms with Crippen molar-refractivity contribution in [3.63, 3.8) is 0 Å². The molecule has 20 heavy (non-hydrogen) atoms. The van der Waals surface area contributed by atoms with Crippen LogP contribution in [0.4, 0.5) is 0 Å². The van der Waals surface area contributed by atoms with Crippen LogP contribution in [0.15, 0.2) is 30.5 Å². The lowest BCUT2D eigenvalue weighted by atomic mass is 10.2. The summed E-state index contributed by atoms with van der Waals surface area (Å²) in [6, 6.07) is 7.92. The molecule has 0 saturated heterocycles. The molecule has 0 fully saturated rings. The van der Waals surface area contributed by atoms with E-state index in [1.165, 1.54) is 0 Å². The molecule has 0 radical (unpaired) electrons. The molecule has 0 spiro atoms. The van der Waals surface area contributed by atoms with Crippen molar-refractivity contribution >= 4 is 0 Å². The van der Waals surface area contributed by atoms with Crippen molar-refractivity contribution < 1.29 is 9.84 Å². The highest BCUT2D eigenvalue weighted by atomic mass is 16.5.